The van der Waals surface area contributed by atoms with E-state index in [0.29, 0.717) is 13.2 Å². The highest BCUT2D eigenvalue weighted by Gasteiger charge is 2.20. The Hall–Kier alpha value is -2.03. The van der Waals surface area contributed by atoms with E-state index in [2.05, 4.69) is 26.2 Å². The third kappa shape index (κ3) is 7.72. The van der Waals surface area contributed by atoms with Crippen molar-refractivity contribution in [3.05, 3.63) is 23.8 Å². The van der Waals surface area contributed by atoms with Crippen LogP contribution in [-0.2, 0) is 16.0 Å². The van der Waals surface area contributed by atoms with Gasteiger partial charge in [0.25, 0.3) is 0 Å². The average Bonchev–Trinajstić information content (AvgIpc) is 2.76. The predicted molar refractivity (Wildman–Crippen MR) is 115 cm³/mol. The second-order valence-corrected chi connectivity index (χ2v) is 6.87. The van der Waals surface area contributed by atoms with Gasteiger partial charge in [0.05, 0.1) is 27.4 Å². The Morgan fingerprint density at radius 3 is 2.48 bits per heavy atom. The predicted octanol–water partition coefficient (Wildman–Crippen LogP) is 1.45. The lowest BCUT2D eigenvalue weighted by molar-refractivity contribution is 0.0697. The largest absolute Gasteiger partial charge is 0.497 e. The molecule has 8 nitrogen and oxygen atoms in total. The van der Waals surface area contributed by atoms with Crippen molar-refractivity contribution >= 4 is 5.96 Å². The maximum Gasteiger partial charge on any atom is 0.193 e. The van der Waals surface area contributed by atoms with Crippen LogP contribution < -0.4 is 14.8 Å². The SMILES string of the molecule is CN=C(NCCCOCCOC)N1CCN(Cc2cc(OC)ccc2OC)CC1. The van der Waals surface area contributed by atoms with Crippen molar-refractivity contribution in [1.29, 1.82) is 0 Å². The first-order chi connectivity index (χ1) is 14.2. The van der Waals surface area contributed by atoms with Crippen LogP contribution in [0.4, 0.5) is 0 Å². The highest BCUT2D eigenvalue weighted by molar-refractivity contribution is 5.79. The van der Waals surface area contributed by atoms with Gasteiger partial charge in [0.2, 0.25) is 0 Å². The molecule has 1 heterocycles. The first kappa shape index (κ1) is 23.3. The zero-order valence-corrected chi connectivity index (χ0v) is 18.3. The first-order valence-electron chi connectivity index (χ1n) is 10.2. The summed E-state index contributed by atoms with van der Waals surface area (Å²) in [6.07, 6.45) is 0.943. The molecule has 29 heavy (non-hydrogen) atoms. The Bertz CT molecular complexity index is 619. The molecule has 0 radical (unpaired) electrons. The summed E-state index contributed by atoms with van der Waals surface area (Å²) in [6, 6.07) is 5.95. The van der Waals surface area contributed by atoms with Gasteiger partial charge in [0.1, 0.15) is 11.5 Å². The Morgan fingerprint density at radius 1 is 1.03 bits per heavy atom. The molecule has 1 aliphatic rings. The van der Waals surface area contributed by atoms with Gasteiger partial charge in [0, 0.05) is 65.6 Å². The average molecular weight is 409 g/mol. The Labute approximate surface area is 174 Å². The molecular formula is C21H36N4O4. The molecule has 2 rings (SSSR count). The second-order valence-electron chi connectivity index (χ2n) is 6.87. The van der Waals surface area contributed by atoms with E-state index in [1.54, 1.807) is 21.3 Å². The quantitative estimate of drug-likeness (QED) is 0.338. The monoisotopic (exact) mass is 408 g/mol. The molecule has 1 aliphatic heterocycles. The smallest absolute Gasteiger partial charge is 0.193 e. The van der Waals surface area contributed by atoms with Crippen molar-refractivity contribution in [2.24, 2.45) is 4.99 Å². The Balaban J connectivity index is 1.75. The summed E-state index contributed by atoms with van der Waals surface area (Å²) in [4.78, 5) is 9.18. The summed E-state index contributed by atoms with van der Waals surface area (Å²) in [7, 11) is 6.92. The van der Waals surface area contributed by atoms with Crippen molar-refractivity contribution in [2.45, 2.75) is 13.0 Å². The topological polar surface area (TPSA) is 67.8 Å². The van der Waals surface area contributed by atoms with Crippen molar-refractivity contribution < 1.29 is 18.9 Å². The van der Waals surface area contributed by atoms with Gasteiger partial charge < -0.3 is 29.2 Å². The summed E-state index contributed by atoms with van der Waals surface area (Å²) >= 11 is 0. The highest BCUT2D eigenvalue weighted by Crippen LogP contribution is 2.25. The summed E-state index contributed by atoms with van der Waals surface area (Å²) in [5.41, 5.74) is 1.15. The van der Waals surface area contributed by atoms with E-state index in [1.807, 2.05) is 19.2 Å². The number of guanidine groups is 1. The number of methoxy groups -OCH3 is 3. The van der Waals surface area contributed by atoms with Crippen LogP contribution in [0.25, 0.3) is 0 Å². The van der Waals surface area contributed by atoms with Gasteiger partial charge in [-0.1, -0.05) is 0 Å². The summed E-state index contributed by atoms with van der Waals surface area (Å²) in [5, 5.41) is 3.44. The van der Waals surface area contributed by atoms with Crippen LogP contribution in [-0.4, -0.2) is 96.7 Å². The summed E-state index contributed by atoms with van der Waals surface area (Å²) in [6.45, 7) is 7.53. The van der Waals surface area contributed by atoms with Gasteiger partial charge in [-0.2, -0.15) is 0 Å². The fourth-order valence-corrected chi connectivity index (χ4v) is 3.32. The van der Waals surface area contributed by atoms with Crippen LogP contribution in [0.5, 0.6) is 11.5 Å². The van der Waals surface area contributed by atoms with Gasteiger partial charge in [-0.05, 0) is 24.6 Å². The normalized spacial score (nSPS) is 15.4. The van der Waals surface area contributed by atoms with Crippen molar-refractivity contribution in [3.8, 4) is 11.5 Å². The number of rotatable bonds is 11. The molecule has 164 valence electrons. The number of aliphatic imine (C=N–C) groups is 1. The van der Waals surface area contributed by atoms with E-state index in [4.69, 9.17) is 18.9 Å². The molecule has 0 bridgehead atoms. The molecule has 0 spiro atoms. The first-order valence-corrected chi connectivity index (χ1v) is 10.2. The number of piperazine rings is 1. The minimum atomic E-state index is 0.640. The van der Waals surface area contributed by atoms with E-state index in [9.17, 15) is 0 Å². The number of ether oxygens (including phenoxy) is 4. The maximum absolute atomic E-state index is 5.51. The number of benzene rings is 1. The van der Waals surface area contributed by atoms with Crippen molar-refractivity contribution in [2.75, 3.05) is 80.9 Å². The third-order valence-electron chi connectivity index (χ3n) is 4.95. The molecule has 1 fully saturated rings. The minimum Gasteiger partial charge on any atom is -0.497 e. The van der Waals surface area contributed by atoms with Gasteiger partial charge in [-0.15, -0.1) is 0 Å². The van der Waals surface area contributed by atoms with E-state index in [0.717, 1.165) is 75.3 Å². The molecule has 1 aromatic carbocycles. The molecule has 1 saturated heterocycles. The number of nitrogens with one attached hydrogen (secondary N) is 1. The Morgan fingerprint density at radius 2 is 1.83 bits per heavy atom. The lowest BCUT2D eigenvalue weighted by Crippen LogP contribution is -2.52. The molecule has 1 N–H and O–H groups in total. The van der Waals surface area contributed by atoms with Crippen LogP contribution in [0.2, 0.25) is 0 Å². The molecule has 0 unspecified atom stereocenters. The van der Waals surface area contributed by atoms with Crippen LogP contribution in [0.3, 0.4) is 0 Å². The Kier molecular flexibility index (Phi) is 10.6. The molecule has 0 aromatic heterocycles. The van der Waals surface area contributed by atoms with Gasteiger partial charge in [0.15, 0.2) is 5.96 Å². The molecule has 0 amide bonds. The third-order valence-corrected chi connectivity index (χ3v) is 4.95. The van der Waals surface area contributed by atoms with Gasteiger partial charge >= 0.3 is 0 Å². The van der Waals surface area contributed by atoms with E-state index < -0.39 is 0 Å². The molecular weight excluding hydrogens is 372 g/mol. The van der Waals surface area contributed by atoms with Gasteiger partial charge in [-0.3, -0.25) is 9.89 Å². The minimum absolute atomic E-state index is 0.640. The zero-order chi connectivity index (χ0) is 20.9. The molecule has 0 atom stereocenters. The number of nitrogens with zero attached hydrogens (tertiary/aromatic N) is 3. The molecule has 0 saturated carbocycles. The van der Waals surface area contributed by atoms with Gasteiger partial charge in [-0.25, -0.2) is 0 Å². The zero-order valence-electron chi connectivity index (χ0n) is 18.3. The van der Waals surface area contributed by atoms with Crippen molar-refractivity contribution in [3.63, 3.8) is 0 Å². The second kappa shape index (κ2) is 13.2. The van der Waals surface area contributed by atoms with Crippen LogP contribution in [0.1, 0.15) is 12.0 Å². The van der Waals surface area contributed by atoms with E-state index in [1.165, 1.54) is 0 Å². The number of hydrogen-bond donors (Lipinski definition) is 1. The van der Waals surface area contributed by atoms with Crippen LogP contribution in [0, 0.1) is 0 Å². The number of hydrogen-bond acceptors (Lipinski definition) is 6. The lowest BCUT2D eigenvalue weighted by Gasteiger charge is -2.36. The molecule has 0 aliphatic carbocycles. The lowest BCUT2D eigenvalue weighted by atomic mass is 10.1. The summed E-state index contributed by atoms with van der Waals surface area (Å²) < 4.78 is 21.3. The summed E-state index contributed by atoms with van der Waals surface area (Å²) in [5.74, 6) is 2.72. The van der Waals surface area contributed by atoms with Crippen LogP contribution >= 0.6 is 0 Å². The highest BCUT2D eigenvalue weighted by atomic mass is 16.5. The van der Waals surface area contributed by atoms with E-state index >= 15 is 0 Å². The molecule has 1 aromatic rings. The van der Waals surface area contributed by atoms with Crippen molar-refractivity contribution in [1.82, 2.24) is 15.1 Å². The standard InChI is InChI=1S/C21H36N4O4/c1-22-21(23-8-5-13-29-15-14-26-2)25-11-9-24(10-12-25)17-18-16-19(27-3)6-7-20(18)28-4/h6-7,16H,5,8-15,17H2,1-4H3,(H,22,23). The molecule has 8 heteroatoms. The van der Waals surface area contributed by atoms with Crippen LogP contribution in [0.15, 0.2) is 23.2 Å². The fourth-order valence-electron chi connectivity index (χ4n) is 3.32. The van der Waals surface area contributed by atoms with E-state index in [-0.39, 0.29) is 0 Å². The fraction of sp³-hybridized carbons (Fsp3) is 0.667. The maximum atomic E-state index is 5.51.